The van der Waals surface area contributed by atoms with Gasteiger partial charge in [0, 0.05) is 30.8 Å². The Bertz CT molecular complexity index is 442. The standard InChI is InChI=1S/C13H19N3O2.ClH/c1-10-6-11(7-14)8-15(10)9-12-4-2-3-5-13(12)16(17)18;/h2-5,10-11H,6-9,14H2,1H3;1H. The molecule has 0 saturated carbocycles. The third kappa shape index (κ3) is 3.65. The molecule has 1 aliphatic rings. The molecule has 0 aromatic heterocycles. The second kappa shape index (κ2) is 6.84. The zero-order chi connectivity index (χ0) is 13.1. The number of benzene rings is 1. The molecular weight excluding hydrogens is 266 g/mol. The molecule has 0 amide bonds. The summed E-state index contributed by atoms with van der Waals surface area (Å²) in [4.78, 5) is 12.9. The average molecular weight is 286 g/mol. The van der Waals surface area contributed by atoms with Gasteiger partial charge in [-0.1, -0.05) is 18.2 Å². The number of halogens is 1. The molecule has 106 valence electrons. The summed E-state index contributed by atoms with van der Waals surface area (Å²) in [7, 11) is 0. The van der Waals surface area contributed by atoms with E-state index in [0.717, 1.165) is 18.5 Å². The summed E-state index contributed by atoms with van der Waals surface area (Å²) in [5, 5.41) is 11.0. The lowest BCUT2D eigenvalue weighted by Crippen LogP contribution is -2.27. The van der Waals surface area contributed by atoms with Gasteiger partial charge in [0.05, 0.1) is 4.92 Å². The van der Waals surface area contributed by atoms with Crippen LogP contribution in [0, 0.1) is 16.0 Å². The van der Waals surface area contributed by atoms with E-state index in [1.54, 1.807) is 12.1 Å². The first-order valence-corrected chi connectivity index (χ1v) is 6.28. The first-order valence-electron chi connectivity index (χ1n) is 6.28. The molecule has 1 aromatic rings. The van der Waals surface area contributed by atoms with Crippen molar-refractivity contribution in [3.63, 3.8) is 0 Å². The van der Waals surface area contributed by atoms with Crippen molar-refractivity contribution >= 4 is 18.1 Å². The quantitative estimate of drug-likeness (QED) is 0.680. The van der Waals surface area contributed by atoms with Gasteiger partial charge in [-0.2, -0.15) is 0 Å². The van der Waals surface area contributed by atoms with Crippen LogP contribution in [0.4, 0.5) is 5.69 Å². The van der Waals surface area contributed by atoms with Crippen LogP contribution >= 0.6 is 12.4 Å². The minimum Gasteiger partial charge on any atom is -0.330 e. The van der Waals surface area contributed by atoms with E-state index in [1.165, 1.54) is 0 Å². The second-order valence-electron chi connectivity index (χ2n) is 5.00. The summed E-state index contributed by atoms with van der Waals surface area (Å²) in [5.41, 5.74) is 6.69. The molecule has 0 spiro atoms. The molecular formula is C13H20ClN3O2. The summed E-state index contributed by atoms with van der Waals surface area (Å²) in [6.45, 7) is 4.42. The highest BCUT2D eigenvalue weighted by atomic mass is 35.5. The van der Waals surface area contributed by atoms with Gasteiger partial charge in [-0.15, -0.1) is 12.4 Å². The van der Waals surface area contributed by atoms with Crippen LogP contribution in [-0.2, 0) is 6.54 Å². The third-order valence-corrected chi connectivity index (χ3v) is 3.69. The van der Waals surface area contributed by atoms with Gasteiger partial charge in [0.25, 0.3) is 5.69 Å². The summed E-state index contributed by atoms with van der Waals surface area (Å²) >= 11 is 0. The fraction of sp³-hybridized carbons (Fsp3) is 0.538. The topological polar surface area (TPSA) is 72.4 Å². The molecule has 2 N–H and O–H groups in total. The summed E-state index contributed by atoms with van der Waals surface area (Å²) in [6.07, 6.45) is 1.08. The monoisotopic (exact) mass is 285 g/mol. The van der Waals surface area contributed by atoms with E-state index in [-0.39, 0.29) is 23.0 Å². The van der Waals surface area contributed by atoms with E-state index >= 15 is 0 Å². The zero-order valence-corrected chi connectivity index (χ0v) is 11.8. The number of nitro groups is 1. The largest absolute Gasteiger partial charge is 0.330 e. The van der Waals surface area contributed by atoms with Crippen LogP contribution in [0.3, 0.4) is 0 Å². The molecule has 2 rings (SSSR count). The summed E-state index contributed by atoms with van der Waals surface area (Å²) < 4.78 is 0. The van der Waals surface area contributed by atoms with Crippen molar-refractivity contribution in [2.24, 2.45) is 11.7 Å². The molecule has 1 aliphatic heterocycles. The Hall–Kier alpha value is -1.17. The lowest BCUT2D eigenvalue weighted by molar-refractivity contribution is -0.385. The van der Waals surface area contributed by atoms with Crippen LogP contribution in [0.1, 0.15) is 18.9 Å². The zero-order valence-electron chi connectivity index (χ0n) is 11.0. The fourth-order valence-electron chi connectivity index (χ4n) is 2.65. The Kier molecular flexibility index (Phi) is 5.72. The summed E-state index contributed by atoms with van der Waals surface area (Å²) in [5.74, 6) is 0.516. The maximum absolute atomic E-state index is 11.0. The Morgan fingerprint density at radius 1 is 1.47 bits per heavy atom. The van der Waals surface area contributed by atoms with Crippen LogP contribution in [-0.4, -0.2) is 29.0 Å². The van der Waals surface area contributed by atoms with Gasteiger partial charge in [0.2, 0.25) is 0 Å². The van der Waals surface area contributed by atoms with Crippen molar-refractivity contribution in [1.82, 2.24) is 4.90 Å². The average Bonchev–Trinajstić information content (AvgIpc) is 2.71. The van der Waals surface area contributed by atoms with Crippen molar-refractivity contribution in [1.29, 1.82) is 0 Å². The van der Waals surface area contributed by atoms with Gasteiger partial charge in [0.15, 0.2) is 0 Å². The Labute approximate surface area is 119 Å². The first kappa shape index (κ1) is 15.9. The number of likely N-dealkylation sites (tertiary alicyclic amines) is 1. The number of rotatable bonds is 4. The second-order valence-corrected chi connectivity index (χ2v) is 5.00. The third-order valence-electron chi connectivity index (χ3n) is 3.69. The van der Waals surface area contributed by atoms with Gasteiger partial charge in [0.1, 0.15) is 0 Å². The molecule has 0 aliphatic carbocycles. The number of nitro benzene ring substituents is 1. The van der Waals surface area contributed by atoms with Gasteiger partial charge < -0.3 is 5.73 Å². The summed E-state index contributed by atoms with van der Waals surface area (Å²) in [6, 6.07) is 7.40. The van der Waals surface area contributed by atoms with Crippen molar-refractivity contribution in [2.75, 3.05) is 13.1 Å². The molecule has 2 unspecified atom stereocenters. The smallest absolute Gasteiger partial charge is 0.273 e. The number of nitrogens with zero attached hydrogens (tertiary/aromatic N) is 2. The number of para-hydroxylation sites is 1. The number of hydrogen-bond acceptors (Lipinski definition) is 4. The molecule has 2 atom stereocenters. The molecule has 5 nitrogen and oxygen atoms in total. The van der Waals surface area contributed by atoms with E-state index in [2.05, 4.69) is 11.8 Å². The van der Waals surface area contributed by atoms with Crippen molar-refractivity contribution in [2.45, 2.75) is 25.9 Å². The molecule has 1 heterocycles. The normalized spacial score (nSPS) is 23.1. The predicted molar refractivity (Wildman–Crippen MR) is 77.4 cm³/mol. The SMILES string of the molecule is CC1CC(CN)CN1Cc1ccccc1[N+](=O)[O-].Cl. The van der Waals surface area contributed by atoms with Gasteiger partial charge >= 0.3 is 0 Å². The first-order chi connectivity index (χ1) is 8.61. The Morgan fingerprint density at radius 3 is 2.74 bits per heavy atom. The van der Waals surface area contributed by atoms with Crippen molar-refractivity contribution < 1.29 is 4.92 Å². The highest BCUT2D eigenvalue weighted by molar-refractivity contribution is 5.85. The molecule has 1 aromatic carbocycles. The van der Waals surface area contributed by atoms with Gasteiger partial charge in [-0.3, -0.25) is 15.0 Å². The maximum atomic E-state index is 11.0. The minimum absolute atomic E-state index is 0. The molecule has 0 bridgehead atoms. The van der Waals surface area contributed by atoms with E-state index in [9.17, 15) is 10.1 Å². The van der Waals surface area contributed by atoms with E-state index in [0.29, 0.717) is 25.0 Å². The van der Waals surface area contributed by atoms with Crippen LogP contribution in [0.15, 0.2) is 24.3 Å². The molecule has 19 heavy (non-hydrogen) atoms. The van der Waals surface area contributed by atoms with Crippen LogP contribution < -0.4 is 5.73 Å². The van der Waals surface area contributed by atoms with E-state index in [4.69, 9.17) is 5.73 Å². The van der Waals surface area contributed by atoms with Crippen molar-refractivity contribution in [3.8, 4) is 0 Å². The highest BCUT2D eigenvalue weighted by Gasteiger charge is 2.29. The lowest BCUT2D eigenvalue weighted by atomic mass is 10.1. The number of nitrogens with two attached hydrogens (primary N) is 1. The molecule has 1 saturated heterocycles. The van der Waals surface area contributed by atoms with Crippen molar-refractivity contribution in [3.05, 3.63) is 39.9 Å². The Balaban J connectivity index is 0.00000180. The van der Waals surface area contributed by atoms with Crippen LogP contribution in [0.5, 0.6) is 0 Å². The lowest BCUT2D eigenvalue weighted by Gasteiger charge is -2.20. The highest BCUT2D eigenvalue weighted by Crippen LogP contribution is 2.27. The maximum Gasteiger partial charge on any atom is 0.273 e. The van der Waals surface area contributed by atoms with Crippen LogP contribution in [0.2, 0.25) is 0 Å². The molecule has 0 radical (unpaired) electrons. The predicted octanol–water partition coefficient (Wildman–Crippen LogP) is 2.19. The molecule has 6 heteroatoms. The van der Waals surface area contributed by atoms with Gasteiger partial charge in [-0.25, -0.2) is 0 Å². The number of hydrogen-bond donors (Lipinski definition) is 1. The Morgan fingerprint density at radius 2 is 2.16 bits per heavy atom. The fourth-order valence-corrected chi connectivity index (χ4v) is 2.65. The van der Waals surface area contributed by atoms with E-state index in [1.807, 2.05) is 12.1 Å². The van der Waals surface area contributed by atoms with E-state index < -0.39 is 0 Å². The van der Waals surface area contributed by atoms with Crippen LogP contribution in [0.25, 0.3) is 0 Å². The minimum atomic E-state index is -0.309. The van der Waals surface area contributed by atoms with Gasteiger partial charge in [-0.05, 0) is 25.8 Å². The molecule has 1 fully saturated rings.